The van der Waals surface area contributed by atoms with E-state index in [9.17, 15) is 0 Å². The maximum atomic E-state index is 5.30. The van der Waals surface area contributed by atoms with E-state index in [1.807, 2.05) is 36.4 Å². The Hall–Kier alpha value is -2.90. The van der Waals surface area contributed by atoms with E-state index in [0.717, 1.165) is 24.1 Å². The van der Waals surface area contributed by atoms with Crippen LogP contribution in [0.2, 0.25) is 0 Å². The molecule has 0 aromatic heterocycles. The summed E-state index contributed by atoms with van der Waals surface area (Å²) in [6, 6.07) is 54.5. The van der Waals surface area contributed by atoms with Gasteiger partial charge in [0.1, 0.15) is 39.3 Å². The molecule has 6 aliphatic rings. The minimum Gasteiger partial charge on any atom is -1.00 e. The Kier molecular flexibility index (Phi) is 64.0. The Morgan fingerprint density at radius 2 is 0.478 bits per heavy atom. The topological polar surface area (TPSA) is 3.24 Å². The van der Waals surface area contributed by atoms with Gasteiger partial charge in [0.2, 0.25) is 0 Å². The van der Waals surface area contributed by atoms with Gasteiger partial charge in [0.25, 0.3) is 0 Å². The third-order valence-corrected chi connectivity index (χ3v) is 19.8. The number of benzene rings is 5. The highest BCUT2D eigenvalue weighted by Gasteiger charge is 2.48. The Balaban J connectivity index is -0.000000476. The molecule has 6 saturated heterocycles. The fraction of sp³-hybridized carbons (Fsp3) is 0.643. The highest BCUT2D eigenvalue weighted by molar-refractivity contribution is 6.17. The van der Waals surface area contributed by atoms with Crippen LogP contribution in [0.1, 0.15) is 260 Å². The predicted octanol–water partition coefficient (Wildman–Crippen LogP) is 14.8. The van der Waals surface area contributed by atoms with Crippen molar-refractivity contribution in [1.29, 1.82) is 0 Å². The molecule has 4 unspecified atom stereocenters. The highest BCUT2D eigenvalue weighted by Crippen LogP contribution is 2.28. The summed E-state index contributed by atoms with van der Waals surface area (Å²) in [5.41, 5.74) is 5.80. The van der Waals surface area contributed by atoms with Crippen molar-refractivity contribution < 1.29 is 50.7 Å². The maximum Gasteiger partial charge on any atom is 0.129 e. The molecule has 6 heterocycles. The lowest BCUT2D eigenvalue weighted by atomic mass is 9.99. The monoisotopic (exact) mass is 1350 g/mol. The molecule has 11 rings (SSSR count). The molecule has 0 saturated carbocycles. The summed E-state index contributed by atoms with van der Waals surface area (Å²) < 4.78 is 4.39. The summed E-state index contributed by atoms with van der Waals surface area (Å²) in [5.74, 6) is 5.42. The molecule has 0 radical (unpaired) electrons. The first-order valence-corrected chi connectivity index (χ1v) is 37.5. The van der Waals surface area contributed by atoms with Crippen molar-refractivity contribution in [3.63, 3.8) is 0 Å². The largest absolute Gasteiger partial charge is 1.00 e. The third kappa shape index (κ3) is 45.5. The minimum atomic E-state index is 0. The quantitative estimate of drug-likeness (QED) is 0.0523. The second-order valence-corrected chi connectivity index (χ2v) is 27.7. The van der Waals surface area contributed by atoms with Crippen LogP contribution in [0.3, 0.4) is 0 Å². The van der Waals surface area contributed by atoms with Crippen LogP contribution in [-0.4, -0.2) is 122 Å². The number of hydrogen-bond acceptors (Lipinski definition) is 1. The van der Waals surface area contributed by atoms with Gasteiger partial charge in [-0.05, 0) is 109 Å². The van der Waals surface area contributed by atoms with Crippen LogP contribution < -0.4 is 37.2 Å². The van der Waals surface area contributed by atoms with Crippen molar-refractivity contribution >= 4 is 11.6 Å². The van der Waals surface area contributed by atoms with Gasteiger partial charge in [0.15, 0.2) is 0 Å². The fourth-order valence-corrected chi connectivity index (χ4v) is 11.0. The standard InChI is InChI=1S/C14H30N2.C10H21N2.4C10H14.C6H6.2C5H12.C4H9Cl.3ClH/c1-3-5-7-15-9-12-16(13-10-15,14-11-15)8-6-4-2;1-2-3-7-12-8-4-11(5-9-12)6-10-12;4*1-3-9(2)10-7-5-4-6-8-10;1-2-4-6-5-3-1;2*1-4-5(2)3;1-2-3-4-5;;;/h3-14H2,1-2H3;2-10H2,1H3;4*4-9H,3H2,1-2H3;1-6H;2*5H,4H2,1-3H3;2-4H2,1H3;3*1H/q+2;+1;;;;;;;;;;;/p-3. The second kappa shape index (κ2) is 61.7. The first kappa shape index (κ1) is 95.5. The number of fused-ring (bicyclic) bond motifs is 6. The van der Waals surface area contributed by atoms with E-state index < -0.39 is 0 Å². The minimum absolute atomic E-state index is 0. The van der Waals surface area contributed by atoms with Crippen molar-refractivity contribution in [3.05, 3.63) is 180 Å². The zero-order valence-corrected chi connectivity index (χ0v) is 66.0. The van der Waals surface area contributed by atoms with Crippen molar-refractivity contribution in [2.24, 2.45) is 11.8 Å². The van der Waals surface area contributed by atoms with Crippen LogP contribution in [0.4, 0.5) is 0 Å². The number of quaternary nitrogens is 3. The van der Waals surface area contributed by atoms with Gasteiger partial charge in [0, 0.05) is 25.5 Å². The van der Waals surface area contributed by atoms with E-state index >= 15 is 0 Å². The van der Waals surface area contributed by atoms with Crippen molar-refractivity contribution in [2.45, 2.75) is 238 Å². The molecule has 4 nitrogen and oxygen atoms in total. The third-order valence-electron chi connectivity index (χ3n) is 19.5. The van der Waals surface area contributed by atoms with Gasteiger partial charge < -0.3 is 50.7 Å². The SMILES string of the molecule is CCC(C)C.CCC(C)C.CCC(C)c1ccccc1.CCC(C)c1ccccc1.CCC(C)c1ccccc1.CCC(C)c1ccccc1.CCCCCl.CCCC[N+]12CCN(CC1)CC2.CCCC[N+]12CC[N+](CCCC)(CC1)CC2.[Cl-].[Cl-].[Cl-].c1ccccc1. The lowest BCUT2D eigenvalue weighted by Crippen LogP contribution is -3.00. The molecule has 6 fully saturated rings. The van der Waals surface area contributed by atoms with E-state index in [4.69, 9.17) is 11.6 Å². The lowest BCUT2D eigenvalue weighted by Gasteiger charge is -2.55. The average Bonchev–Trinajstić information content (AvgIpc) is 0.806. The summed E-state index contributed by atoms with van der Waals surface area (Å²) in [4.78, 5) is 2.62. The average molecular weight is 1350 g/mol. The van der Waals surface area contributed by atoms with E-state index in [0.29, 0.717) is 23.7 Å². The Morgan fingerprint density at radius 3 is 0.630 bits per heavy atom. The van der Waals surface area contributed by atoms with Crippen LogP contribution in [0.5, 0.6) is 0 Å². The van der Waals surface area contributed by atoms with Gasteiger partial charge in [-0.2, -0.15) is 0 Å². The van der Waals surface area contributed by atoms with Gasteiger partial charge in [-0.15, -0.1) is 11.6 Å². The molecule has 5 aromatic rings. The number of hydrogen-bond donors (Lipinski definition) is 0. The lowest BCUT2D eigenvalue weighted by molar-refractivity contribution is -1.08. The molecular weight excluding hydrogens is 1210 g/mol. The molecule has 4 bridgehead atoms. The van der Waals surface area contributed by atoms with Gasteiger partial charge in [-0.1, -0.05) is 321 Å². The first-order chi connectivity index (χ1) is 42.9. The molecule has 530 valence electrons. The van der Waals surface area contributed by atoms with Gasteiger partial charge in [0.05, 0.1) is 39.3 Å². The van der Waals surface area contributed by atoms with Crippen LogP contribution >= 0.6 is 11.6 Å². The number of rotatable bonds is 21. The van der Waals surface area contributed by atoms with Gasteiger partial charge in [-0.3, -0.25) is 4.90 Å². The molecule has 4 atom stereocenters. The number of alkyl halides is 1. The second-order valence-electron chi connectivity index (χ2n) is 27.3. The van der Waals surface area contributed by atoms with E-state index in [-0.39, 0.29) is 37.2 Å². The van der Waals surface area contributed by atoms with Crippen LogP contribution in [0.25, 0.3) is 0 Å². The smallest absolute Gasteiger partial charge is 0.129 e. The zero-order valence-electron chi connectivity index (χ0n) is 63.0. The predicted molar refractivity (Wildman–Crippen MR) is 403 cm³/mol. The maximum absolute atomic E-state index is 5.30. The number of halogens is 4. The molecule has 6 aliphatic heterocycles. The molecule has 5 aromatic carbocycles. The van der Waals surface area contributed by atoms with E-state index in [1.54, 1.807) is 0 Å². The molecular formula is C84H146Cl4N4. The van der Waals surface area contributed by atoms with Crippen molar-refractivity contribution in [1.82, 2.24) is 4.90 Å². The number of nitrogens with zero attached hydrogens (tertiary/aromatic N) is 4. The molecule has 0 aliphatic carbocycles. The van der Waals surface area contributed by atoms with Crippen LogP contribution in [0, 0.1) is 11.8 Å². The zero-order chi connectivity index (χ0) is 66.4. The molecule has 0 spiro atoms. The molecule has 92 heavy (non-hydrogen) atoms. The summed E-state index contributed by atoms with van der Waals surface area (Å²) >= 11 is 5.30. The summed E-state index contributed by atoms with van der Waals surface area (Å²) in [5, 5.41) is 0. The number of piperazine rings is 6. The van der Waals surface area contributed by atoms with Crippen LogP contribution in [0.15, 0.2) is 158 Å². The fourth-order valence-electron chi connectivity index (χ4n) is 10.7. The van der Waals surface area contributed by atoms with E-state index in [1.165, 1.54) is 217 Å². The summed E-state index contributed by atoms with van der Waals surface area (Å²) in [6.07, 6.45) is 18.3. The Bertz CT molecular complexity index is 1950. The highest BCUT2D eigenvalue weighted by atomic mass is 35.5. The summed E-state index contributed by atoms with van der Waals surface area (Å²) in [7, 11) is 0. The van der Waals surface area contributed by atoms with Crippen molar-refractivity contribution in [2.75, 3.05) is 104 Å². The van der Waals surface area contributed by atoms with Crippen molar-refractivity contribution in [3.8, 4) is 0 Å². The number of unbranched alkanes of at least 4 members (excludes halogenated alkanes) is 4. The molecule has 0 N–H and O–H groups in total. The first-order valence-electron chi connectivity index (χ1n) is 36.9. The Labute approximate surface area is 597 Å². The van der Waals surface area contributed by atoms with Gasteiger partial charge in [-0.25, -0.2) is 0 Å². The van der Waals surface area contributed by atoms with Crippen LogP contribution in [-0.2, 0) is 0 Å². The summed E-state index contributed by atoms with van der Waals surface area (Å²) in [6.45, 7) is 61.9. The molecule has 0 amide bonds. The Morgan fingerprint density at radius 1 is 0.293 bits per heavy atom. The van der Waals surface area contributed by atoms with Gasteiger partial charge >= 0.3 is 0 Å². The normalized spacial score (nSPS) is 19.5. The van der Waals surface area contributed by atoms with E-state index in [2.05, 4.69) is 251 Å². The molecule has 8 heteroatoms.